The van der Waals surface area contributed by atoms with Gasteiger partial charge in [-0.15, -0.1) is 0 Å². The van der Waals surface area contributed by atoms with Crippen LogP contribution in [-0.2, 0) is 6.54 Å². The second kappa shape index (κ2) is 4.88. The molecular formula is C14H15N5O. The topological polar surface area (TPSA) is 76.7 Å². The molecule has 3 aromatic rings. The third kappa shape index (κ3) is 2.32. The van der Waals surface area contributed by atoms with E-state index in [9.17, 15) is 0 Å². The fraction of sp³-hybridized carbons (Fsp3) is 0.286. The van der Waals surface area contributed by atoms with Crippen LogP contribution in [0.4, 0.5) is 5.82 Å². The zero-order valence-electron chi connectivity index (χ0n) is 11.6. The first kappa shape index (κ1) is 12.5. The van der Waals surface area contributed by atoms with Gasteiger partial charge in [0.2, 0.25) is 0 Å². The first-order chi connectivity index (χ1) is 9.63. The quantitative estimate of drug-likeness (QED) is 0.787. The highest BCUT2D eigenvalue weighted by Crippen LogP contribution is 2.21. The number of nitrogens with one attached hydrogen (secondary N) is 1. The minimum atomic E-state index is 0.509. The number of fused-ring (bicyclic) bond motifs is 1. The van der Waals surface area contributed by atoms with Crippen molar-refractivity contribution in [3.05, 3.63) is 41.3 Å². The van der Waals surface area contributed by atoms with Crippen LogP contribution in [0, 0.1) is 20.8 Å². The van der Waals surface area contributed by atoms with Gasteiger partial charge in [-0.3, -0.25) is 4.98 Å². The Hall–Kier alpha value is -2.50. The minimum Gasteiger partial charge on any atom is -0.422 e. The van der Waals surface area contributed by atoms with E-state index in [1.165, 1.54) is 0 Å². The number of oxazole rings is 1. The normalized spacial score (nSPS) is 10.9. The Morgan fingerprint density at radius 1 is 1.15 bits per heavy atom. The summed E-state index contributed by atoms with van der Waals surface area (Å²) in [6.07, 6.45) is 1.78. The third-order valence-corrected chi connectivity index (χ3v) is 3.02. The van der Waals surface area contributed by atoms with Gasteiger partial charge in [0.05, 0.1) is 12.2 Å². The Labute approximate surface area is 116 Å². The fourth-order valence-corrected chi connectivity index (χ4v) is 2.03. The number of pyridine rings is 1. The molecule has 6 nitrogen and oxygen atoms in total. The molecule has 0 saturated heterocycles. The fourth-order valence-electron chi connectivity index (χ4n) is 2.03. The molecular weight excluding hydrogens is 254 g/mol. The number of hydrogen-bond donors (Lipinski definition) is 1. The van der Waals surface area contributed by atoms with Crippen LogP contribution in [0.1, 0.15) is 23.0 Å². The van der Waals surface area contributed by atoms with Gasteiger partial charge in [-0.25, -0.2) is 9.97 Å². The first-order valence-electron chi connectivity index (χ1n) is 6.39. The zero-order valence-corrected chi connectivity index (χ0v) is 11.6. The SMILES string of the molecule is Cc1nc(NCc2ncccc2C)c2nc(C)oc2n1. The van der Waals surface area contributed by atoms with Crippen molar-refractivity contribution in [2.24, 2.45) is 0 Å². The molecule has 0 unspecified atom stereocenters. The Bertz CT molecular complexity index is 765. The molecule has 102 valence electrons. The lowest BCUT2D eigenvalue weighted by Gasteiger charge is -2.07. The van der Waals surface area contributed by atoms with Gasteiger partial charge in [-0.2, -0.15) is 4.98 Å². The van der Waals surface area contributed by atoms with Crippen molar-refractivity contribution in [2.75, 3.05) is 5.32 Å². The lowest BCUT2D eigenvalue weighted by molar-refractivity contribution is 0.550. The Kier molecular flexibility index (Phi) is 3.06. The molecule has 3 heterocycles. The Balaban J connectivity index is 1.93. The van der Waals surface area contributed by atoms with Gasteiger partial charge in [0.15, 0.2) is 17.2 Å². The molecule has 0 bridgehead atoms. The molecule has 0 radical (unpaired) electrons. The number of anilines is 1. The number of aromatic nitrogens is 4. The van der Waals surface area contributed by atoms with Gasteiger partial charge in [0.25, 0.3) is 5.71 Å². The molecule has 0 saturated carbocycles. The van der Waals surface area contributed by atoms with Crippen LogP contribution in [0.25, 0.3) is 11.2 Å². The monoisotopic (exact) mass is 269 g/mol. The van der Waals surface area contributed by atoms with E-state index in [4.69, 9.17) is 4.42 Å². The molecule has 3 aromatic heterocycles. The van der Waals surface area contributed by atoms with Crippen LogP contribution < -0.4 is 5.32 Å². The highest BCUT2D eigenvalue weighted by Gasteiger charge is 2.12. The van der Waals surface area contributed by atoms with Gasteiger partial charge in [-0.05, 0) is 25.5 Å². The summed E-state index contributed by atoms with van der Waals surface area (Å²) in [6, 6.07) is 3.96. The Morgan fingerprint density at radius 2 is 2.00 bits per heavy atom. The van der Waals surface area contributed by atoms with Gasteiger partial charge in [0.1, 0.15) is 5.82 Å². The van der Waals surface area contributed by atoms with Crippen molar-refractivity contribution in [3.63, 3.8) is 0 Å². The maximum atomic E-state index is 5.45. The van der Waals surface area contributed by atoms with Crippen LogP contribution in [0.2, 0.25) is 0 Å². The maximum absolute atomic E-state index is 5.45. The molecule has 0 amide bonds. The molecule has 0 aliphatic heterocycles. The summed E-state index contributed by atoms with van der Waals surface area (Å²) in [6.45, 7) is 6.24. The van der Waals surface area contributed by atoms with E-state index in [0.29, 0.717) is 35.3 Å². The molecule has 0 atom stereocenters. The average Bonchev–Trinajstić information content (AvgIpc) is 2.77. The molecule has 0 aliphatic rings. The van der Waals surface area contributed by atoms with E-state index in [1.807, 2.05) is 26.0 Å². The lowest BCUT2D eigenvalue weighted by Crippen LogP contribution is -2.06. The standard InChI is InChI=1S/C14H15N5O/c1-8-5-4-6-15-11(8)7-16-13-12-14(18-9(2)17-13)20-10(3)19-12/h4-6H,7H2,1-3H3,(H,16,17,18). The van der Waals surface area contributed by atoms with Gasteiger partial charge in [-0.1, -0.05) is 6.07 Å². The van der Waals surface area contributed by atoms with Crippen molar-refractivity contribution >= 4 is 17.0 Å². The Morgan fingerprint density at radius 3 is 2.80 bits per heavy atom. The van der Waals surface area contributed by atoms with E-state index in [2.05, 4.69) is 25.3 Å². The summed E-state index contributed by atoms with van der Waals surface area (Å²) in [5.74, 6) is 1.90. The maximum Gasteiger partial charge on any atom is 0.252 e. The van der Waals surface area contributed by atoms with Crippen molar-refractivity contribution in [1.82, 2.24) is 19.9 Å². The predicted molar refractivity (Wildman–Crippen MR) is 75.4 cm³/mol. The summed E-state index contributed by atoms with van der Waals surface area (Å²) in [5, 5.41) is 3.26. The third-order valence-electron chi connectivity index (χ3n) is 3.02. The summed E-state index contributed by atoms with van der Waals surface area (Å²) in [4.78, 5) is 17.3. The summed E-state index contributed by atoms with van der Waals surface area (Å²) in [5.41, 5.74) is 3.28. The smallest absolute Gasteiger partial charge is 0.252 e. The molecule has 1 N–H and O–H groups in total. The second-order valence-electron chi connectivity index (χ2n) is 4.63. The highest BCUT2D eigenvalue weighted by molar-refractivity contribution is 5.81. The summed E-state index contributed by atoms with van der Waals surface area (Å²) >= 11 is 0. The largest absolute Gasteiger partial charge is 0.422 e. The minimum absolute atomic E-state index is 0.509. The van der Waals surface area contributed by atoms with Gasteiger partial charge >= 0.3 is 0 Å². The number of nitrogens with zero attached hydrogens (tertiary/aromatic N) is 4. The number of aryl methyl sites for hydroxylation is 3. The average molecular weight is 269 g/mol. The van der Waals surface area contributed by atoms with Crippen molar-refractivity contribution < 1.29 is 4.42 Å². The first-order valence-corrected chi connectivity index (χ1v) is 6.39. The van der Waals surface area contributed by atoms with Crippen LogP contribution in [-0.4, -0.2) is 19.9 Å². The van der Waals surface area contributed by atoms with Gasteiger partial charge in [0, 0.05) is 13.1 Å². The number of hydrogen-bond acceptors (Lipinski definition) is 6. The van der Waals surface area contributed by atoms with Crippen LogP contribution in [0.3, 0.4) is 0 Å². The zero-order chi connectivity index (χ0) is 14.1. The second-order valence-corrected chi connectivity index (χ2v) is 4.63. The van der Waals surface area contributed by atoms with Gasteiger partial charge < -0.3 is 9.73 Å². The molecule has 0 aliphatic carbocycles. The van der Waals surface area contributed by atoms with E-state index in [1.54, 1.807) is 13.1 Å². The molecule has 0 spiro atoms. The summed E-state index contributed by atoms with van der Waals surface area (Å²) < 4.78 is 5.45. The van der Waals surface area contributed by atoms with Crippen LogP contribution in [0.5, 0.6) is 0 Å². The van der Waals surface area contributed by atoms with E-state index >= 15 is 0 Å². The molecule has 3 rings (SSSR count). The lowest BCUT2D eigenvalue weighted by atomic mass is 10.2. The van der Waals surface area contributed by atoms with E-state index < -0.39 is 0 Å². The highest BCUT2D eigenvalue weighted by atomic mass is 16.4. The van der Waals surface area contributed by atoms with Crippen LogP contribution in [0.15, 0.2) is 22.7 Å². The van der Waals surface area contributed by atoms with E-state index in [-0.39, 0.29) is 0 Å². The molecule has 0 aromatic carbocycles. The predicted octanol–water partition coefficient (Wildman–Crippen LogP) is 2.55. The van der Waals surface area contributed by atoms with Crippen LogP contribution >= 0.6 is 0 Å². The molecule has 20 heavy (non-hydrogen) atoms. The molecule has 6 heteroatoms. The molecule has 0 fully saturated rings. The van der Waals surface area contributed by atoms with Crippen molar-refractivity contribution in [1.29, 1.82) is 0 Å². The van der Waals surface area contributed by atoms with E-state index in [0.717, 1.165) is 11.3 Å². The number of rotatable bonds is 3. The van der Waals surface area contributed by atoms with Crippen molar-refractivity contribution in [3.8, 4) is 0 Å². The van der Waals surface area contributed by atoms with Crippen molar-refractivity contribution in [2.45, 2.75) is 27.3 Å². The summed E-state index contributed by atoms with van der Waals surface area (Å²) in [7, 11) is 0.